The number of fused-ring (bicyclic) bond motifs is 1. The van der Waals surface area contributed by atoms with Gasteiger partial charge >= 0.3 is 5.97 Å². The number of carbonyl (C=O) groups is 5. The number of carboxylic acid groups (broad SMARTS) is 1. The van der Waals surface area contributed by atoms with Gasteiger partial charge in [0.15, 0.2) is 0 Å². The molecule has 3 aromatic carbocycles. The van der Waals surface area contributed by atoms with E-state index in [0.717, 1.165) is 16.3 Å². The number of hydrogen-bond acceptors (Lipinski definition) is 5. The fourth-order valence-corrected chi connectivity index (χ4v) is 3.71. The van der Waals surface area contributed by atoms with Gasteiger partial charge in [0.2, 0.25) is 23.6 Å². The number of carboxylic acids is 1. The molecule has 0 heterocycles. The summed E-state index contributed by atoms with van der Waals surface area (Å²) in [5.41, 5.74) is 1.44. The highest BCUT2D eigenvalue weighted by molar-refractivity contribution is 5.99. The second-order valence-corrected chi connectivity index (χ2v) is 8.66. The molecule has 5 N–H and O–H groups in total. The molecule has 0 radical (unpaired) electrons. The van der Waals surface area contributed by atoms with Crippen molar-refractivity contribution >= 4 is 46.1 Å². The number of rotatable bonds is 13. The number of amides is 4. The average molecular weight is 519 g/mol. The van der Waals surface area contributed by atoms with E-state index in [1.54, 1.807) is 6.07 Å². The Hall–Kier alpha value is -4.73. The monoisotopic (exact) mass is 518 g/mol. The fraction of sp³-hybridized carbons (Fsp3) is 0.250. The summed E-state index contributed by atoms with van der Waals surface area (Å²) in [5, 5.41) is 20.9. The van der Waals surface area contributed by atoms with Gasteiger partial charge in [0.05, 0.1) is 13.1 Å². The van der Waals surface area contributed by atoms with E-state index in [9.17, 15) is 24.0 Å². The number of aliphatic carboxylic acids is 1. The summed E-state index contributed by atoms with van der Waals surface area (Å²) in [6, 6.07) is 21.6. The van der Waals surface area contributed by atoms with Gasteiger partial charge in [-0.05, 0) is 34.9 Å². The first kappa shape index (κ1) is 27.9. The summed E-state index contributed by atoms with van der Waals surface area (Å²) < 4.78 is 0. The summed E-state index contributed by atoms with van der Waals surface area (Å²) >= 11 is 0. The Morgan fingerprint density at radius 2 is 1.37 bits per heavy atom. The number of hydrogen-bond donors (Lipinski definition) is 5. The molecule has 10 nitrogen and oxygen atoms in total. The predicted molar refractivity (Wildman–Crippen MR) is 142 cm³/mol. The van der Waals surface area contributed by atoms with E-state index in [4.69, 9.17) is 5.11 Å². The topological polar surface area (TPSA) is 154 Å². The molecule has 1 atom stereocenters. The van der Waals surface area contributed by atoms with Crippen LogP contribution in [-0.2, 0) is 30.4 Å². The highest BCUT2D eigenvalue weighted by Gasteiger charge is 2.22. The van der Waals surface area contributed by atoms with Crippen LogP contribution in [0, 0.1) is 0 Å². The molecular formula is C28H30N4O6. The van der Waals surface area contributed by atoms with Crippen molar-refractivity contribution in [3.05, 3.63) is 78.4 Å². The molecule has 0 fully saturated rings. The van der Waals surface area contributed by atoms with Gasteiger partial charge in [-0.2, -0.15) is 0 Å². The Balaban J connectivity index is 1.54. The summed E-state index contributed by atoms with van der Waals surface area (Å²) in [4.78, 5) is 59.9. The van der Waals surface area contributed by atoms with Crippen LogP contribution in [0.2, 0.25) is 0 Å². The van der Waals surface area contributed by atoms with Gasteiger partial charge in [-0.15, -0.1) is 0 Å². The molecule has 0 aliphatic heterocycles. The van der Waals surface area contributed by atoms with Crippen LogP contribution >= 0.6 is 0 Å². The second-order valence-electron chi connectivity index (χ2n) is 8.66. The van der Waals surface area contributed by atoms with E-state index in [-0.39, 0.29) is 38.8 Å². The van der Waals surface area contributed by atoms with Crippen LogP contribution < -0.4 is 21.3 Å². The Morgan fingerprint density at radius 1 is 0.711 bits per heavy atom. The van der Waals surface area contributed by atoms with Gasteiger partial charge in [-0.25, -0.2) is 0 Å². The average Bonchev–Trinajstić information content (AvgIpc) is 2.90. The van der Waals surface area contributed by atoms with Crippen molar-refractivity contribution in [2.24, 2.45) is 0 Å². The molecule has 0 spiro atoms. The Bertz CT molecular complexity index is 1290. The molecule has 3 rings (SSSR count). The van der Waals surface area contributed by atoms with E-state index in [0.29, 0.717) is 5.69 Å². The molecule has 0 unspecified atom stereocenters. The van der Waals surface area contributed by atoms with Crippen LogP contribution in [0.3, 0.4) is 0 Å². The van der Waals surface area contributed by atoms with Crippen molar-refractivity contribution in [2.45, 2.75) is 31.7 Å². The van der Waals surface area contributed by atoms with Crippen LogP contribution in [0.4, 0.5) is 5.69 Å². The lowest BCUT2D eigenvalue weighted by Gasteiger charge is -2.19. The van der Waals surface area contributed by atoms with Gasteiger partial charge in [-0.3, -0.25) is 24.0 Å². The van der Waals surface area contributed by atoms with Crippen molar-refractivity contribution < 1.29 is 29.1 Å². The minimum Gasteiger partial charge on any atom is -0.481 e. The molecule has 0 aliphatic carbocycles. The molecule has 10 heteroatoms. The second kappa shape index (κ2) is 14.1. The lowest BCUT2D eigenvalue weighted by Crippen LogP contribution is -2.49. The van der Waals surface area contributed by atoms with Crippen molar-refractivity contribution in [1.82, 2.24) is 16.0 Å². The number of carbonyl (C=O) groups excluding carboxylic acids is 4. The first-order valence-corrected chi connectivity index (χ1v) is 12.2. The molecule has 0 saturated heterocycles. The quantitative estimate of drug-likeness (QED) is 0.233. The molecule has 0 aliphatic rings. The lowest BCUT2D eigenvalue weighted by molar-refractivity contribution is -0.137. The maximum absolute atomic E-state index is 13.1. The van der Waals surface area contributed by atoms with E-state index in [2.05, 4.69) is 21.3 Å². The molecule has 198 valence electrons. The summed E-state index contributed by atoms with van der Waals surface area (Å²) in [7, 11) is 0. The Labute approximate surface area is 219 Å². The van der Waals surface area contributed by atoms with Crippen LogP contribution in [0.1, 0.15) is 24.8 Å². The molecule has 0 saturated carbocycles. The zero-order valence-corrected chi connectivity index (χ0v) is 20.7. The van der Waals surface area contributed by atoms with Gasteiger partial charge in [0.25, 0.3) is 0 Å². The van der Waals surface area contributed by atoms with Gasteiger partial charge in [0, 0.05) is 24.9 Å². The minimum atomic E-state index is -1.00. The van der Waals surface area contributed by atoms with Crippen molar-refractivity contribution in [3.8, 4) is 0 Å². The van der Waals surface area contributed by atoms with Gasteiger partial charge in [0.1, 0.15) is 6.04 Å². The maximum atomic E-state index is 13.1. The third-order valence-corrected chi connectivity index (χ3v) is 5.64. The Morgan fingerprint density at radius 3 is 2.11 bits per heavy atom. The van der Waals surface area contributed by atoms with Crippen LogP contribution in [-0.4, -0.2) is 53.8 Å². The standard InChI is InChI=1S/C28H30N4O6/c33-24(11-6-12-27(36)37)29-17-25(34)30-18-26(35)32-23(15-19-7-2-1-3-8-19)28(38)31-22-14-13-20-9-4-5-10-21(20)16-22/h1-5,7-10,13-14,16,23H,6,11-12,15,17-18H2,(H,29,33)(H,30,34)(H,31,38)(H,32,35)(H,36,37)/t23-/m0/s1. The fourth-order valence-electron chi connectivity index (χ4n) is 3.71. The Kier molecular flexibility index (Phi) is 10.3. The summed E-state index contributed by atoms with van der Waals surface area (Å²) in [6.45, 7) is -0.739. The number of anilines is 1. The van der Waals surface area contributed by atoms with E-state index in [1.807, 2.05) is 66.7 Å². The normalized spacial score (nSPS) is 11.3. The van der Waals surface area contributed by atoms with Crippen molar-refractivity contribution in [2.75, 3.05) is 18.4 Å². The van der Waals surface area contributed by atoms with E-state index in [1.165, 1.54) is 0 Å². The molecule has 3 aromatic rings. The molecule has 38 heavy (non-hydrogen) atoms. The minimum absolute atomic E-state index is 0.0203. The highest BCUT2D eigenvalue weighted by Crippen LogP contribution is 2.19. The van der Waals surface area contributed by atoms with Crippen molar-refractivity contribution in [1.29, 1.82) is 0 Å². The lowest BCUT2D eigenvalue weighted by atomic mass is 10.0. The van der Waals surface area contributed by atoms with Crippen LogP contribution in [0.15, 0.2) is 72.8 Å². The molecular weight excluding hydrogens is 488 g/mol. The zero-order valence-electron chi connectivity index (χ0n) is 20.7. The van der Waals surface area contributed by atoms with E-state index < -0.39 is 35.6 Å². The third-order valence-electron chi connectivity index (χ3n) is 5.64. The first-order valence-electron chi connectivity index (χ1n) is 12.2. The number of benzene rings is 3. The zero-order chi connectivity index (χ0) is 27.3. The number of nitrogens with one attached hydrogen (secondary N) is 4. The molecule has 0 aromatic heterocycles. The third kappa shape index (κ3) is 9.38. The summed E-state index contributed by atoms with van der Waals surface area (Å²) in [5.74, 6) is -3.03. The highest BCUT2D eigenvalue weighted by atomic mass is 16.4. The van der Waals surface area contributed by atoms with E-state index >= 15 is 0 Å². The molecule has 0 bridgehead atoms. The maximum Gasteiger partial charge on any atom is 0.303 e. The predicted octanol–water partition coefficient (Wildman–Crippen LogP) is 1.99. The van der Waals surface area contributed by atoms with Crippen molar-refractivity contribution in [3.63, 3.8) is 0 Å². The molecule has 4 amide bonds. The van der Waals surface area contributed by atoms with Crippen LogP contribution in [0.5, 0.6) is 0 Å². The smallest absolute Gasteiger partial charge is 0.303 e. The van der Waals surface area contributed by atoms with Crippen LogP contribution in [0.25, 0.3) is 10.8 Å². The SMILES string of the molecule is O=C(O)CCCC(=O)NCC(=O)NCC(=O)N[C@@H](Cc1ccccc1)C(=O)Nc1ccc2ccccc2c1. The van der Waals surface area contributed by atoms with Gasteiger partial charge in [-0.1, -0.05) is 60.7 Å². The largest absolute Gasteiger partial charge is 0.481 e. The van der Waals surface area contributed by atoms with Gasteiger partial charge < -0.3 is 26.4 Å². The first-order chi connectivity index (χ1) is 18.3. The summed E-state index contributed by atoms with van der Waals surface area (Å²) in [6.07, 6.45) is 0.244.